The summed E-state index contributed by atoms with van der Waals surface area (Å²) in [5.74, 6) is 6.09. The van der Waals surface area contributed by atoms with Crippen LogP contribution in [0.5, 0.6) is 0 Å². The number of amides is 1. The van der Waals surface area contributed by atoms with Crippen LogP contribution < -0.4 is 16.6 Å². The number of anilines is 1. The molecule has 7 heteroatoms. The van der Waals surface area contributed by atoms with Crippen LogP contribution in [0.3, 0.4) is 0 Å². The van der Waals surface area contributed by atoms with Crippen LogP contribution in [0, 0.1) is 5.92 Å². The molecule has 1 saturated carbocycles. The summed E-state index contributed by atoms with van der Waals surface area (Å²) < 4.78 is 5.71. The Morgan fingerprint density at radius 1 is 1.40 bits per heavy atom. The van der Waals surface area contributed by atoms with Gasteiger partial charge >= 0.3 is 0 Å². The summed E-state index contributed by atoms with van der Waals surface area (Å²) in [7, 11) is 0. The molecular formula is C13H17ClN4O2. The second kappa shape index (κ2) is 5.55. The van der Waals surface area contributed by atoms with E-state index >= 15 is 0 Å². The summed E-state index contributed by atoms with van der Waals surface area (Å²) in [5.41, 5.74) is 2.84. The van der Waals surface area contributed by atoms with Crippen molar-refractivity contribution in [3.05, 3.63) is 22.8 Å². The van der Waals surface area contributed by atoms with Gasteiger partial charge in [-0.2, -0.15) is 0 Å². The summed E-state index contributed by atoms with van der Waals surface area (Å²) in [6.45, 7) is 0.707. The van der Waals surface area contributed by atoms with Gasteiger partial charge in [-0.1, -0.05) is 11.6 Å². The van der Waals surface area contributed by atoms with E-state index in [9.17, 15) is 4.79 Å². The van der Waals surface area contributed by atoms with Crippen molar-refractivity contribution >= 4 is 23.3 Å². The summed E-state index contributed by atoms with van der Waals surface area (Å²) in [6, 6.07) is 3.18. The monoisotopic (exact) mass is 296 g/mol. The predicted octanol–water partition coefficient (Wildman–Crippen LogP) is 1.32. The van der Waals surface area contributed by atoms with Crippen LogP contribution in [0.25, 0.3) is 0 Å². The highest BCUT2D eigenvalue weighted by atomic mass is 35.5. The largest absolute Gasteiger partial charge is 0.376 e. The third-order valence-corrected chi connectivity index (χ3v) is 3.94. The van der Waals surface area contributed by atoms with Gasteiger partial charge in [0.05, 0.1) is 12.1 Å². The molecule has 1 aromatic rings. The van der Waals surface area contributed by atoms with Gasteiger partial charge in [0.25, 0.3) is 5.91 Å². The summed E-state index contributed by atoms with van der Waals surface area (Å²) >= 11 is 5.87. The number of rotatable bonds is 4. The number of halogens is 1. The van der Waals surface area contributed by atoms with Crippen LogP contribution in [-0.2, 0) is 4.74 Å². The number of ether oxygens (including phenoxy) is 1. The quantitative estimate of drug-likeness (QED) is 0.443. The van der Waals surface area contributed by atoms with Crippen molar-refractivity contribution < 1.29 is 9.53 Å². The molecule has 1 aliphatic heterocycles. The number of aromatic nitrogens is 1. The van der Waals surface area contributed by atoms with Crippen molar-refractivity contribution in [1.29, 1.82) is 0 Å². The molecule has 2 fully saturated rings. The van der Waals surface area contributed by atoms with Crippen molar-refractivity contribution in [2.75, 3.05) is 12.0 Å². The van der Waals surface area contributed by atoms with Gasteiger partial charge in [0.2, 0.25) is 0 Å². The van der Waals surface area contributed by atoms with E-state index in [4.69, 9.17) is 22.2 Å². The van der Waals surface area contributed by atoms with E-state index in [0.717, 1.165) is 6.42 Å². The van der Waals surface area contributed by atoms with E-state index in [2.05, 4.69) is 15.7 Å². The van der Waals surface area contributed by atoms with E-state index < -0.39 is 0 Å². The second-order valence-electron chi connectivity index (χ2n) is 5.25. The highest BCUT2D eigenvalue weighted by molar-refractivity contribution is 6.29. The SMILES string of the molecule is NNc1cc(C(=O)NC2CCOC2C2CC2)cc(Cl)n1. The fourth-order valence-corrected chi connectivity index (χ4v) is 2.82. The first-order valence-corrected chi connectivity index (χ1v) is 7.12. The number of nitrogens with one attached hydrogen (secondary N) is 2. The first kappa shape index (κ1) is 13.6. The van der Waals surface area contributed by atoms with Gasteiger partial charge in [0, 0.05) is 12.2 Å². The summed E-state index contributed by atoms with van der Waals surface area (Å²) in [5, 5.41) is 3.25. The standard InChI is InChI=1S/C13H17ClN4O2/c14-10-5-8(6-11(17-10)18-15)13(19)16-9-3-4-20-12(9)7-1-2-7/h5-7,9,12H,1-4,15H2,(H,16,19)(H,17,18). The van der Waals surface area contributed by atoms with Gasteiger partial charge in [0.15, 0.2) is 0 Å². The zero-order valence-corrected chi connectivity index (χ0v) is 11.7. The molecule has 20 heavy (non-hydrogen) atoms. The molecule has 1 aliphatic carbocycles. The smallest absolute Gasteiger partial charge is 0.251 e. The molecule has 1 amide bonds. The maximum Gasteiger partial charge on any atom is 0.251 e. The van der Waals surface area contributed by atoms with Gasteiger partial charge in [-0.25, -0.2) is 10.8 Å². The molecule has 4 N–H and O–H groups in total. The third-order valence-electron chi connectivity index (χ3n) is 3.74. The van der Waals surface area contributed by atoms with Crippen LogP contribution in [0.1, 0.15) is 29.6 Å². The second-order valence-corrected chi connectivity index (χ2v) is 5.64. The van der Waals surface area contributed by atoms with Crippen LogP contribution in [0.2, 0.25) is 5.15 Å². The lowest BCUT2D eigenvalue weighted by Gasteiger charge is -2.19. The lowest BCUT2D eigenvalue weighted by atomic mass is 10.1. The zero-order valence-electron chi connectivity index (χ0n) is 10.9. The normalized spacial score (nSPS) is 25.5. The number of nitrogen functional groups attached to an aromatic ring is 1. The van der Waals surface area contributed by atoms with Crippen molar-refractivity contribution in [1.82, 2.24) is 10.3 Å². The van der Waals surface area contributed by atoms with Crippen molar-refractivity contribution in [2.45, 2.75) is 31.4 Å². The number of pyridine rings is 1. The Bertz CT molecular complexity index is 521. The Morgan fingerprint density at radius 3 is 2.90 bits per heavy atom. The number of hydrazine groups is 1. The zero-order chi connectivity index (χ0) is 14.1. The topological polar surface area (TPSA) is 89.3 Å². The van der Waals surface area contributed by atoms with Crippen molar-refractivity contribution in [3.8, 4) is 0 Å². The molecule has 2 atom stereocenters. The molecule has 6 nitrogen and oxygen atoms in total. The fourth-order valence-electron chi connectivity index (χ4n) is 2.61. The Morgan fingerprint density at radius 2 is 2.20 bits per heavy atom. The third kappa shape index (κ3) is 2.87. The van der Waals surface area contributed by atoms with Crippen LogP contribution in [-0.4, -0.2) is 29.6 Å². The predicted molar refractivity (Wildman–Crippen MR) is 75.4 cm³/mol. The minimum Gasteiger partial charge on any atom is -0.376 e. The number of hydrogen-bond donors (Lipinski definition) is 3. The van der Waals surface area contributed by atoms with Gasteiger partial charge in [0.1, 0.15) is 11.0 Å². The number of hydrogen-bond acceptors (Lipinski definition) is 5. The average molecular weight is 297 g/mol. The Hall–Kier alpha value is -1.37. The van der Waals surface area contributed by atoms with Crippen LogP contribution in [0.15, 0.2) is 12.1 Å². The van der Waals surface area contributed by atoms with E-state index in [1.807, 2.05) is 0 Å². The van der Waals surface area contributed by atoms with E-state index in [1.165, 1.54) is 18.9 Å². The number of carbonyl (C=O) groups is 1. The van der Waals surface area contributed by atoms with Gasteiger partial charge in [-0.15, -0.1) is 0 Å². The van der Waals surface area contributed by atoms with Crippen molar-refractivity contribution in [3.63, 3.8) is 0 Å². The molecule has 1 saturated heterocycles. The number of nitrogens with two attached hydrogens (primary N) is 1. The lowest BCUT2D eigenvalue weighted by Crippen LogP contribution is -2.41. The van der Waals surface area contributed by atoms with E-state index in [-0.39, 0.29) is 23.2 Å². The molecule has 2 unspecified atom stereocenters. The minimum atomic E-state index is -0.174. The van der Waals surface area contributed by atoms with Gasteiger partial charge < -0.3 is 15.5 Å². The molecule has 3 rings (SSSR count). The van der Waals surface area contributed by atoms with Gasteiger partial charge in [-0.3, -0.25) is 4.79 Å². The first-order chi connectivity index (χ1) is 9.67. The molecule has 2 heterocycles. The van der Waals surface area contributed by atoms with Gasteiger partial charge in [-0.05, 0) is 37.3 Å². The minimum absolute atomic E-state index is 0.0798. The molecule has 2 aliphatic rings. The summed E-state index contributed by atoms with van der Waals surface area (Å²) in [4.78, 5) is 16.2. The van der Waals surface area contributed by atoms with E-state index in [1.54, 1.807) is 6.07 Å². The molecule has 108 valence electrons. The Balaban J connectivity index is 1.70. The molecule has 0 bridgehead atoms. The van der Waals surface area contributed by atoms with E-state index in [0.29, 0.717) is 23.9 Å². The lowest BCUT2D eigenvalue weighted by molar-refractivity contribution is 0.0729. The molecule has 0 aromatic carbocycles. The molecule has 1 aromatic heterocycles. The Labute approximate surface area is 122 Å². The van der Waals surface area contributed by atoms with Crippen LogP contribution in [0.4, 0.5) is 5.82 Å². The maximum absolute atomic E-state index is 12.3. The Kier molecular flexibility index (Phi) is 3.78. The van der Waals surface area contributed by atoms with Crippen LogP contribution >= 0.6 is 11.6 Å². The molecule has 0 radical (unpaired) electrons. The highest BCUT2D eigenvalue weighted by Crippen LogP contribution is 2.38. The number of nitrogens with zero attached hydrogens (tertiary/aromatic N) is 1. The average Bonchev–Trinajstić information content (AvgIpc) is 3.18. The summed E-state index contributed by atoms with van der Waals surface area (Å²) in [6.07, 6.45) is 3.40. The fraction of sp³-hybridized carbons (Fsp3) is 0.538. The maximum atomic E-state index is 12.3. The van der Waals surface area contributed by atoms with Crippen molar-refractivity contribution in [2.24, 2.45) is 11.8 Å². The molecular weight excluding hydrogens is 280 g/mol. The highest BCUT2D eigenvalue weighted by Gasteiger charge is 2.41. The molecule has 0 spiro atoms. The number of carbonyl (C=O) groups excluding carboxylic acids is 1. The first-order valence-electron chi connectivity index (χ1n) is 6.74.